The molecule has 0 aromatic carbocycles. The van der Waals surface area contributed by atoms with Crippen LogP contribution in [-0.2, 0) is 0 Å². The van der Waals surface area contributed by atoms with E-state index in [9.17, 15) is 0 Å². The first-order valence-electron chi connectivity index (χ1n) is 3.10. The van der Waals surface area contributed by atoms with Crippen molar-refractivity contribution in [1.29, 1.82) is 0 Å². The van der Waals surface area contributed by atoms with Crippen LogP contribution >= 0.6 is 34.2 Å². The van der Waals surface area contributed by atoms with Crippen molar-refractivity contribution in [2.45, 2.75) is 13.0 Å². The lowest BCUT2D eigenvalue weighted by Crippen LogP contribution is -1.96. The van der Waals surface area contributed by atoms with Gasteiger partial charge in [-0.3, -0.25) is 4.98 Å². The molecule has 0 amide bonds. The fourth-order valence-electron chi connectivity index (χ4n) is 0.733. The molecule has 0 radical (unpaired) electrons. The number of pyridine rings is 1. The monoisotopic (exact) mass is 283 g/mol. The van der Waals surface area contributed by atoms with Crippen molar-refractivity contribution >= 4 is 34.2 Å². The minimum atomic E-state index is -0.598. The van der Waals surface area contributed by atoms with Crippen molar-refractivity contribution < 1.29 is 5.11 Å². The fourth-order valence-corrected chi connectivity index (χ4v) is 1.69. The van der Waals surface area contributed by atoms with Crippen molar-refractivity contribution in [3.8, 4) is 0 Å². The third-order valence-electron chi connectivity index (χ3n) is 1.23. The molecule has 0 saturated carbocycles. The molecule has 1 rings (SSSR count). The van der Waals surface area contributed by atoms with E-state index in [4.69, 9.17) is 16.7 Å². The Labute approximate surface area is 83.7 Å². The second-order valence-corrected chi connectivity index (χ2v) is 3.85. The third kappa shape index (κ3) is 2.28. The van der Waals surface area contributed by atoms with Gasteiger partial charge in [0, 0.05) is 9.77 Å². The maximum absolute atomic E-state index is 9.15. The number of aromatic nitrogens is 1. The molecule has 0 bridgehead atoms. The zero-order chi connectivity index (χ0) is 8.43. The molecule has 0 fully saturated rings. The lowest BCUT2D eigenvalue weighted by molar-refractivity contribution is 0.194. The van der Waals surface area contributed by atoms with Gasteiger partial charge in [-0.05, 0) is 35.6 Å². The normalized spacial score (nSPS) is 13.1. The van der Waals surface area contributed by atoms with Crippen LogP contribution in [0.3, 0.4) is 0 Å². The van der Waals surface area contributed by atoms with E-state index in [1.807, 2.05) is 0 Å². The Bertz CT molecular complexity index is 265. The highest BCUT2D eigenvalue weighted by Crippen LogP contribution is 2.21. The summed E-state index contributed by atoms with van der Waals surface area (Å²) in [5.41, 5.74) is 0.534. The molecule has 11 heavy (non-hydrogen) atoms. The van der Waals surface area contributed by atoms with Gasteiger partial charge in [0.15, 0.2) is 0 Å². The molecule has 0 saturated heterocycles. The molecule has 1 atom stereocenters. The Morgan fingerprint density at radius 2 is 2.36 bits per heavy atom. The molecule has 1 unspecified atom stereocenters. The quantitative estimate of drug-likeness (QED) is 0.803. The minimum absolute atomic E-state index is 0.520. The van der Waals surface area contributed by atoms with E-state index in [0.29, 0.717) is 10.7 Å². The molecule has 1 aromatic heterocycles. The van der Waals surface area contributed by atoms with Gasteiger partial charge < -0.3 is 5.11 Å². The first kappa shape index (κ1) is 9.22. The van der Waals surface area contributed by atoms with Crippen molar-refractivity contribution in [3.63, 3.8) is 0 Å². The predicted molar refractivity (Wildman–Crippen MR) is 52.6 cm³/mol. The topological polar surface area (TPSA) is 33.1 Å². The van der Waals surface area contributed by atoms with E-state index >= 15 is 0 Å². The predicted octanol–water partition coefficient (Wildman–Crippen LogP) is 2.39. The fraction of sp³-hybridized carbons (Fsp3) is 0.286. The number of nitrogens with zero attached hydrogens (tertiary/aromatic N) is 1. The molecule has 0 spiro atoms. The number of halogens is 2. The van der Waals surface area contributed by atoms with Gasteiger partial charge in [-0.1, -0.05) is 11.6 Å². The summed E-state index contributed by atoms with van der Waals surface area (Å²) >= 11 is 7.91. The van der Waals surface area contributed by atoms with Gasteiger partial charge >= 0.3 is 0 Å². The van der Waals surface area contributed by atoms with Crippen LogP contribution in [-0.4, -0.2) is 10.1 Å². The van der Waals surface area contributed by atoms with Crippen LogP contribution in [0.4, 0.5) is 0 Å². The van der Waals surface area contributed by atoms with E-state index in [-0.39, 0.29) is 0 Å². The highest BCUT2D eigenvalue weighted by Gasteiger charge is 2.07. The van der Waals surface area contributed by atoms with E-state index in [2.05, 4.69) is 27.6 Å². The standard InChI is InChI=1S/C7H7ClINO/c1-4(11)7-6(8)2-5(9)3-10-7/h2-4,11H,1H3. The number of hydrogen-bond donors (Lipinski definition) is 1. The summed E-state index contributed by atoms with van der Waals surface area (Å²) in [5.74, 6) is 0. The van der Waals surface area contributed by atoms with Crippen molar-refractivity contribution in [1.82, 2.24) is 4.98 Å². The van der Waals surface area contributed by atoms with E-state index in [1.54, 1.807) is 19.2 Å². The van der Waals surface area contributed by atoms with Crippen LogP contribution in [0.25, 0.3) is 0 Å². The zero-order valence-electron chi connectivity index (χ0n) is 5.88. The van der Waals surface area contributed by atoms with Gasteiger partial charge in [-0.25, -0.2) is 0 Å². The highest BCUT2D eigenvalue weighted by atomic mass is 127. The second-order valence-electron chi connectivity index (χ2n) is 2.20. The van der Waals surface area contributed by atoms with Gasteiger partial charge in [0.25, 0.3) is 0 Å². The third-order valence-corrected chi connectivity index (χ3v) is 2.12. The first-order chi connectivity index (χ1) is 5.11. The largest absolute Gasteiger partial charge is 0.387 e. The summed E-state index contributed by atoms with van der Waals surface area (Å²) in [6.07, 6.45) is 1.08. The Kier molecular flexibility index (Phi) is 3.09. The van der Waals surface area contributed by atoms with Crippen LogP contribution in [0, 0.1) is 3.57 Å². The molecule has 0 aliphatic rings. The van der Waals surface area contributed by atoms with Crippen LogP contribution in [0.5, 0.6) is 0 Å². The maximum atomic E-state index is 9.15. The van der Waals surface area contributed by atoms with E-state index in [0.717, 1.165) is 3.57 Å². The van der Waals surface area contributed by atoms with Gasteiger partial charge in [0.1, 0.15) is 0 Å². The highest BCUT2D eigenvalue weighted by molar-refractivity contribution is 14.1. The zero-order valence-corrected chi connectivity index (χ0v) is 8.80. The smallest absolute Gasteiger partial charge is 0.0946 e. The van der Waals surface area contributed by atoms with Gasteiger partial charge in [0.2, 0.25) is 0 Å². The maximum Gasteiger partial charge on any atom is 0.0946 e. The van der Waals surface area contributed by atoms with E-state index < -0.39 is 6.10 Å². The summed E-state index contributed by atoms with van der Waals surface area (Å²) in [6, 6.07) is 1.77. The Balaban J connectivity index is 3.09. The molecule has 2 nitrogen and oxygen atoms in total. The summed E-state index contributed by atoms with van der Waals surface area (Å²) < 4.78 is 0.969. The molecular weight excluding hydrogens is 276 g/mol. The molecule has 60 valence electrons. The molecule has 1 aromatic rings. The summed E-state index contributed by atoms with van der Waals surface area (Å²) in [5, 5.41) is 9.67. The minimum Gasteiger partial charge on any atom is -0.387 e. The van der Waals surface area contributed by atoms with Crippen LogP contribution in [0.2, 0.25) is 5.02 Å². The number of aliphatic hydroxyl groups excluding tert-OH is 1. The Morgan fingerprint density at radius 1 is 1.73 bits per heavy atom. The second kappa shape index (κ2) is 3.69. The average molecular weight is 283 g/mol. The van der Waals surface area contributed by atoms with Crippen molar-refractivity contribution in [2.75, 3.05) is 0 Å². The summed E-state index contributed by atoms with van der Waals surface area (Å²) in [4.78, 5) is 3.99. The molecule has 0 aliphatic carbocycles. The van der Waals surface area contributed by atoms with Crippen molar-refractivity contribution in [2.24, 2.45) is 0 Å². The SMILES string of the molecule is CC(O)c1ncc(I)cc1Cl. The van der Waals surface area contributed by atoms with Crippen LogP contribution in [0.15, 0.2) is 12.3 Å². The summed E-state index contributed by atoms with van der Waals surface area (Å²) in [7, 11) is 0. The van der Waals surface area contributed by atoms with Crippen molar-refractivity contribution in [3.05, 3.63) is 26.5 Å². The van der Waals surface area contributed by atoms with Gasteiger partial charge in [-0.15, -0.1) is 0 Å². The molecular formula is C7H7ClINO. The lowest BCUT2D eigenvalue weighted by Gasteiger charge is -2.04. The van der Waals surface area contributed by atoms with E-state index in [1.165, 1.54) is 0 Å². The summed E-state index contributed by atoms with van der Waals surface area (Å²) in [6.45, 7) is 1.64. The van der Waals surface area contributed by atoms with Crippen LogP contribution < -0.4 is 0 Å². The Hall–Kier alpha value is 0.130. The van der Waals surface area contributed by atoms with Gasteiger partial charge in [0.05, 0.1) is 16.8 Å². The number of aliphatic hydroxyl groups is 1. The average Bonchev–Trinajstić information content (AvgIpc) is 1.85. The molecule has 1 heterocycles. The molecule has 1 N–H and O–H groups in total. The number of rotatable bonds is 1. The Morgan fingerprint density at radius 3 is 2.82 bits per heavy atom. The molecule has 4 heteroatoms. The number of hydrogen-bond acceptors (Lipinski definition) is 2. The van der Waals surface area contributed by atoms with Gasteiger partial charge in [-0.2, -0.15) is 0 Å². The first-order valence-corrected chi connectivity index (χ1v) is 4.56. The molecule has 0 aliphatic heterocycles. The van der Waals surface area contributed by atoms with Crippen LogP contribution in [0.1, 0.15) is 18.7 Å². The lowest BCUT2D eigenvalue weighted by atomic mass is 10.2.